The van der Waals surface area contributed by atoms with Gasteiger partial charge in [-0.3, -0.25) is 0 Å². The Labute approximate surface area is 68.8 Å². The standard InChI is InChI=1S/C7H5BF3N/c8-5-3-4(7(9,10)11)1-2-6(5)12/h1-3H,12H2. The normalized spacial score (nSPS) is 11.6. The zero-order chi connectivity index (χ0) is 9.35. The van der Waals surface area contributed by atoms with Gasteiger partial charge in [0.1, 0.15) is 7.85 Å². The van der Waals surface area contributed by atoms with Gasteiger partial charge >= 0.3 is 6.18 Å². The predicted molar refractivity (Wildman–Crippen MR) is 41.2 cm³/mol. The fourth-order valence-electron chi connectivity index (χ4n) is 0.751. The average molecular weight is 171 g/mol. The van der Waals surface area contributed by atoms with Crippen molar-refractivity contribution in [2.75, 3.05) is 5.73 Å². The van der Waals surface area contributed by atoms with Crippen LogP contribution in [0, 0.1) is 0 Å². The van der Waals surface area contributed by atoms with Gasteiger partial charge in [-0.2, -0.15) is 13.2 Å². The van der Waals surface area contributed by atoms with Crippen LogP contribution in [0.3, 0.4) is 0 Å². The van der Waals surface area contributed by atoms with E-state index in [9.17, 15) is 13.2 Å². The minimum absolute atomic E-state index is 0.0511. The van der Waals surface area contributed by atoms with Crippen molar-refractivity contribution in [3.8, 4) is 0 Å². The summed E-state index contributed by atoms with van der Waals surface area (Å²) in [7, 11) is 5.19. The van der Waals surface area contributed by atoms with E-state index in [0.29, 0.717) is 0 Å². The number of nitrogen functional groups attached to an aromatic ring is 1. The molecule has 0 atom stereocenters. The number of halogens is 3. The summed E-state index contributed by atoms with van der Waals surface area (Å²) < 4.78 is 36.0. The average Bonchev–Trinajstić information content (AvgIpc) is 1.92. The van der Waals surface area contributed by atoms with Crippen LogP contribution in [-0.4, -0.2) is 7.85 Å². The summed E-state index contributed by atoms with van der Waals surface area (Å²) in [4.78, 5) is 0. The molecule has 1 aromatic rings. The first-order valence-electron chi connectivity index (χ1n) is 3.13. The molecule has 1 rings (SSSR count). The number of rotatable bonds is 0. The first-order chi connectivity index (χ1) is 5.41. The fraction of sp³-hybridized carbons (Fsp3) is 0.143. The lowest BCUT2D eigenvalue weighted by Gasteiger charge is -2.08. The highest BCUT2D eigenvalue weighted by atomic mass is 19.4. The monoisotopic (exact) mass is 171 g/mol. The van der Waals surface area contributed by atoms with Crippen LogP contribution in [0.2, 0.25) is 0 Å². The molecule has 0 unspecified atom stereocenters. The molecule has 0 fully saturated rings. The Kier molecular flexibility index (Phi) is 2.04. The second-order valence-corrected chi connectivity index (χ2v) is 2.34. The number of benzene rings is 1. The zero-order valence-corrected chi connectivity index (χ0v) is 6.02. The maximum absolute atomic E-state index is 12.0. The molecule has 2 N–H and O–H groups in total. The molecule has 0 saturated carbocycles. The summed E-state index contributed by atoms with van der Waals surface area (Å²) in [6.45, 7) is 0. The van der Waals surface area contributed by atoms with Crippen molar-refractivity contribution in [1.82, 2.24) is 0 Å². The Morgan fingerprint density at radius 3 is 2.25 bits per heavy atom. The van der Waals surface area contributed by atoms with Crippen molar-refractivity contribution in [2.24, 2.45) is 0 Å². The fourth-order valence-corrected chi connectivity index (χ4v) is 0.751. The van der Waals surface area contributed by atoms with Gasteiger partial charge in [0.25, 0.3) is 0 Å². The minimum Gasteiger partial charge on any atom is -0.399 e. The van der Waals surface area contributed by atoms with E-state index in [1.165, 1.54) is 0 Å². The van der Waals surface area contributed by atoms with Gasteiger partial charge in [-0.15, -0.1) is 0 Å². The molecule has 2 radical (unpaired) electrons. The summed E-state index contributed by atoms with van der Waals surface area (Å²) in [5, 5.41) is 0. The van der Waals surface area contributed by atoms with Crippen LogP contribution in [0.15, 0.2) is 18.2 Å². The van der Waals surface area contributed by atoms with Crippen molar-refractivity contribution in [1.29, 1.82) is 0 Å². The van der Waals surface area contributed by atoms with E-state index < -0.39 is 11.7 Å². The summed E-state index contributed by atoms with van der Waals surface area (Å²) in [6, 6.07) is 2.85. The van der Waals surface area contributed by atoms with Crippen LogP contribution >= 0.6 is 0 Å². The van der Waals surface area contributed by atoms with Crippen molar-refractivity contribution in [3.05, 3.63) is 23.8 Å². The molecular weight excluding hydrogens is 166 g/mol. The summed E-state index contributed by atoms with van der Waals surface area (Å²) in [5.74, 6) is 0. The van der Waals surface area contributed by atoms with Gasteiger partial charge in [-0.1, -0.05) is 11.5 Å². The maximum Gasteiger partial charge on any atom is 0.416 e. The second-order valence-electron chi connectivity index (χ2n) is 2.34. The molecule has 62 valence electrons. The highest BCUT2D eigenvalue weighted by Gasteiger charge is 2.30. The lowest BCUT2D eigenvalue weighted by Crippen LogP contribution is -2.14. The van der Waals surface area contributed by atoms with Crippen LogP contribution < -0.4 is 11.2 Å². The molecule has 0 bridgehead atoms. The molecule has 0 saturated heterocycles. The van der Waals surface area contributed by atoms with Crippen LogP contribution in [-0.2, 0) is 6.18 Å². The third-order valence-corrected chi connectivity index (χ3v) is 1.41. The number of hydrogen-bond acceptors (Lipinski definition) is 1. The molecule has 5 heteroatoms. The minimum atomic E-state index is -4.36. The van der Waals surface area contributed by atoms with Gasteiger partial charge in [-0.25, -0.2) is 0 Å². The maximum atomic E-state index is 12.0. The number of hydrogen-bond donors (Lipinski definition) is 1. The quantitative estimate of drug-likeness (QED) is 0.458. The molecule has 1 nitrogen and oxygen atoms in total. The van der Waals surface area contributed by atoms with Crippen molar-refractivity contribution in [3.63, 3.8) is 0 Å². The van der Waals surface area contributed by atoms with E-state index in [2.05, 4.69) is 0 Å². The molecule has 0 heterocycles. The van der Waals surface area contributed by atoms with E-state index in [-0.39, 0.29) is 11.2 Å². The lowest BCUT2D eigenvalue weighted by molar-refractivity contribution is -0.137. The van der Waals surface area contributed by atoms with E-state index >= 15 is 0 Å². The van der Waals surface area contributed by atoms with Gasteiger partial charge < -0.3 is 5.73 Å². The van der Waals surface area contributed by atoms with Gasteiger partial charge in [-0.05, 0) is 12.1 Å². The van der Waals surface area contributed by atoms with Gasteiger partial charge in [0.2, 0.25) is 0 Å². The molecule has 0 aromatic heterocycles. The molecule has 0 amide bonds. The molecule has 0 spiro atoms. The van der Waals surface area contributed by atoms with Gasteiger partial charge in [0.05, 0.1) is 5.56 Å². The van der Waals surface area contributed by atoms with E-state index in [1.54, 1.807) is 0 Å². The molecule has 0 aliphatic heterocycles. The lowest BCUT2D eigenvalue weighted by atomic mass is 9.92. The van der Waals surface area contributed by atoms with E-state index in [1.807, 2.05) is 0 Å². The number of alkyl halides is 3. The topological polar surface area (TPSA) is 26.0 Å². The summed E-state index contributed by atoms with van der Waals surface area (Å²) in [6.07, 6.45) is -4.36. The molecule has 0 aliphatic rings. The highest BCUT2D eigenvalue weighted by Crippen LogP contribution is 2.28. The predicted octanol–water partition coefficient (Wildman–Crippen LogP) is 1.08. The summed E-state index contributed by atoms with van der Waals surface area (Å²) in [5.41, 5.74) is 4.56. The van der Waals surface area contributed by atoms with Crippen LogP contribution in [0.25, 0.3) is 0 Å². The van der Waals surface area contributed by atoms with Crippen LogP contribution in [0.5, 0.6) is 0 Å². The van der Waals surface area contributed by atoms with Crippen molar-refractivity contribution < 1.29 is 13.2 Å². The van der Waals surface area contributed by atoms with Gasteiger partial charge in [0.15, 0.2) is 0 Å². The first-order valence-corrected chi connectivity index (χ1v) is 3.13. The Hall–Kier alpha value is -1.13. The van der Waals surface area contributed by atoms with E-state index in [0.717, 1.165) is 18.2 Å². The molecule has 12 heavy (non-hydrogen) atoms. The van der Waals surface area contributed by atoms with Crippen LogP contribution in [0.4, 0.5) is 18.9 Å². The van der Waals surface area contributed by atoms with Crippen molar-refractivity contribution >= 4 is 19.0 Å². The third-order valence-electron chi connectivity index (χ3n) is 1.41. The van der Waals surface area contributed by atoms with E-state index in [4.69, 9.17) is 13.6 Å². The first kappa shape index (κ1) is 8.97. The Bertz CT molecular complexity index is 295. The number of anilines is 1. The Morgan fingerprint density at radius 2 is 1.83 bits per heavy atom. The molecular formula is C7H5BF3N. The zero-order valence-electron chi connectivity index (χ0n) is 6.02. The second kappa shape index (κ2) is 2.73. The summed E-state index contributed by atoms with van der Waals surface area (Å²) >= 11 is 0. The van der Waals surface area contributed by atoms with Gasteiger partial charge in [0, 0.05) is 5.69 Å². The highest BCUT2D eigenvalue weighted by molar-refractivity contribution is 6.35. The SMILES string of the molecule is [B]c1cc(C(F)(F)F)ccc1N. The number of nitrogens with two attached hydrogens (primary N) is 1. The molecule has 0 aliphatic carbocycles. The largest absolute Gasteiger partial charge is 0.416 e. The Morgan fingerprint density at radius 1 is 1.25 bits per heavy atom. The smallest absolute Gasteiger partial charge is 0.399 e. The third kappa shape index (κ3) is 1.72. The molecule has 1 aromatic carbocycles. The Balaban J connectivity index is 3.14. The van der Waals surface area contributed by atoms with Crippen LogP contribution in [0.1, 0.15) is 5.56 Å². The van der Waals surface area contributed by atoms with Crippen molar-refractivity contribution in [2.45, 2.75) is 6.18 Å².